The SMILES string of the molecule is c1csc(N2C(c3cncs3)=C(c3cscn3)N(c3cnco3)C2c2cocn2)n1. The molecule has 0 aliphatic carbocycles. The molecule has 9 nitrogen and oxygen atoms in total. The molecule has 1 atom stereocenters. The van der Waals surface area contributed by atoms with Crippen LogP contribution in [0.4, 0.5) is 11.0 Å². The van der Waals surface area contributed by atoms with Crippen LogP contribution in [0.25, 0.3) is 11.4 Å². The van der Waals surface area contributed by atoms with Crippen LogP contribution in [0.3, 0.4) is 0 Å². The summed E-state index contributed by atoms with van der Waals surface area (Å²) in [6.07, 6.45) is 9.35. The summed E-state index contributed by atoms with van der Waals surface area (Å²) in [6, 6.07) is 0. The van der Waals surface area contributed by atoms with Gasteiger partial charge in [0.15, 0.2) is 24.1 Å². The number of aromatic nitrogens is 5. The van der Waals surface area contributed by atoms with Crippen molar-refractivity contribution in [2.45, 2.75) is 6.17 Å². The van der Waals surface area contributed by atoms with Gasteiger partial charge >= 0.3 is 0 Å². The van der Waals surface area contributed by atoms with Gasteiger partial charge in [0.1, 0.15) is 12.0 Å². The average Bonchev–Trinajstić information content (AvgIpc) is 3.61. The van der Waals surface area contributed by atoms with E-state index in [9.17, 15) is 0 Å². The Morgan fingerprint density at radius 2 is 1.93 bits per heavy atom. The molecule has 0 saturated heterocycles. The summed E-state index contributed by atoms with van der Waals surface area (Å²) >= 11 is 4.61. The Labute approximate surface area is 181 Å². The van der Waals surface area contributed by atoms with E-state index in [1.807, 2.05) is 32.9 Å². The quantitative estimate of drug-likeness (QED) is 0.378. The summed E-state index contributed by atoms with van der Waals surface area (Å²) in [4.78, 5) is 27.2. The summed E-state index contributed by atoms with van der Waals surface area (Å²) < 4.78 is 11.1. The van der Waals surface area contributed by atoms with Crippen LogP contribution in [-0.4, -0.2) is 24.9 Å². The van der Waals surface area contributed by atoms with E-state index < -0.39 is 6.17 Å². The van der Waals surface area contributed by atoms with Gasteiger partial charge in [-0.15, -0.1) is 34.0 Å². The molecule has 0 aromatic carbocycles. The van der Waals surface area contributed by atoms with Crippen LogP contribution in [0.2, 0.25) is 0 Å². The van der Waals surface area contributed by atoms with E-state index in [4.69, 9.17) is 8.83 Å². The number of thiazole rings is 3. The zero-order chi connectivity index (χ0) is 19.9. The van der Waals surface area contributed by atoms with Gasteiger partial charge in [-0.1, -0.05) is 0 Å². The minimum absolute atomic E-state index is 0.406. The van der Waals surface area contributed by atoms with E-state index in [-0.39, 0.29) is 0 Å². The number of hydrogen-bond acceptors (Lipinski definition) is 12. The van der Waals surface area contributed by atoms with E-state index in [0.29, 0.717) is 11.6 Å². The normalized spacial score (nSPS) is 16.7. The number of rotatable bonds is 5. The predicted octanol–water partition coefficient (Wildman–Crippen LogP) is 4.58. The lowest BCUT2D eigenvalue weighted by molar-refractivity contribution is 0.533. The highest BCUT2D eigenvalue weighted by molar-refractivity contribution is 7.14. The van der Waals surface area contributed by atoms with Gasteiger partial charge < -0.3 is 8.83 Å². The first-order valence-corrected chi connectivity index (χ1v) is 11.4. The highest BCUT2D eigenvalue weighted by atomic mass is 32.1. The summed E-state index contributed by atoms with van der Waals surface area (Å²) in [5, 5.41) is 4.76. The first kappa shape index (κ1) is 17.5. The molecule has 0 amide bonds. The topological polar surface area (TPSA) is 97.2 Å². The Morgan fingerprint density at radius 1 is 0.933 bits per heavy atom. The molecular formula is C18H11N7O2S3. The fraction of sp³-hybridized carbons (Fsp3) is 0.0556. The van der Waals surface area contributed by atoms with Crippen molar-refractivity contribution in [1.82, 2.24) is 24.9 Å². The second kappa shape index (κ2) is 7.16. The van der Waals surface area contributed by atoms with Crippen LogP contribution < -0.4 is 9.80 Å². The minimum Gasteiger partial charge on any atom is -0.451 e. The third kappa shape index (κ3) is 2.69. The number of anilines is 2. The summed E-state index contributed by atoms with van der Waals surface area (Å²) in [6.45, 7) is 0. The molecule has 148 valence electrons. The fourth-order valence-corrected chi connectivity index (χ4v) is 5.31. The van der Waals surface area contributed by atoms with Gasteiger partial charge in [0.2, 0.25) is 5.88 Å². The lowest BCUT2D eigenvalue weighted by Crippen LogP contribution is -2.32. The van der Waals surface area contributed by atoms with Crippen LogP contribution >= 0.6 is 34.0 Å². The number of oxazole rings is 2. The minimum atomic E-state index is -0.406. The van der Waals surface area contributed by atoms with Crippen LogP contribution in [0.15, 0.2) is 68.3 Å². The van der Waals surface area contributed by atoms with Crippen molar-refractivity contribution in [3.8, 4) is 0 Å². The molecule has 0 spiro atoms. The Kier molecular flexibility index (Phi) is 4.18. The van der Waals surface area contributed by atoms with Crippen molar-refractivity contribution in [2.75, 3.05) is 9.80 Å². The van der Waals surface area contributed by atoms with E-state index in [1.165, 1.54) is 35.5 Å². The van der Waals surface area contributed by atoms with Crippen LogP contribution in [0.5, 0.6) is 0 Å². The van der Waals surface area contributed by atoms with Gasteiger partial charge in [0.25, 0.3) is 0 Å². The molecule has 0 N–H and O–H groups in total. The van der Waals surface area contributed by atoms with Crippen molar-refractivity contribution in [3.05, 3.63) is 75.7 Å². The van der Waals surface area contributed by atoms with Crippen molar-refractivity contribution < 1.29 is 8.83 Å². The number of nitrogens with zero attached hydrogens (tertiary/aromatic N) is 7. The van der Waals surface area contributed by atoms with Gasteiger partial charge in [-0.25, -0.2) is 19.9 Å². The first-order chi connectivity index (χ1) is 14.9. The molecule has 6 rings (SSSR count). The van der Waals surface area contributed by atoms with E-state index in [1.54, 1.807) is 30.0 Å². The maximum atomic E-state index is 5.75. The molecule has 0 radical (unpaired) electrons. The highest BCUT2D eigenvalue weighted by Gasteiger charge is 2.46. The molecule has 1 aliphatic rings. The maximum Gasteiger partial charge on any atom is 0.222 e. The van der Waals surface area contributed by atoms with E-state index >= 15 is 0 Å². The Morgan fingerprint density at radius 3 is 2.60 bits per heavy atom. The van der Waals surface area contributed by atoms with Gasteiger partial charge in [0.05, 0.1) is 39.2 Å². The van der Waals surface area contributed by atoms with Crippen LogP contribution in [0, 0.1) is 0 Å². The maximum absolute atomic E-state index is 5.75. The van der Waals surface area contributed by atoms with Crippen LogP contribution in [0.1, 0.15) is 22.4 Å². The molecule has 5 aromatic rings. The summed E-state index contributed by atoms with van der Waals surface area (Å²) in [5.74, 6) is 0.562. The van der Waals surface area contributed by atoms with E-state index in [2.05, 4.69) is 29.8 Å². The monoisotopic (exact) mass is 453 g/mol. The molecule has 1 aliphatic heterocycles. The molecule has 0 saturated carbocycles. The standard InChI is InChI=1S/C18H11N7O2S3/c1-2-29-18(21-1)25-16(13-3-20-9-30-13)15(12-6-28-10-23-12)24(14-4-19-7-27-14)17(25)11-5-26-8-22-11/h1-10,17H. The lowest BCUT2D eigenvalue weighted by Gasteiger charge is -2.29. The Bertz CT molecular complexity index is 1170. The second-order valence-corrected chi connectivity index (χ2v) is 8.60. The molecule has 6 heterocycles. The van der Waals surface area contributed by atoms with Gasteiger partial charge in [0, 0.05) is 23.2 Å². The first-order valence-electron chi connectivity index (χ1n) is 8.68. The Hall–Kier alpha value is -3.35. The largest absolute Gasteiger partial charge is 0.451 e. The third-order valence-electron chi connectivity index (χ3n) is 4.53. The molecule has 1 unspecified atom stereocenters. The van der Waals surface area contributed by atoms with E-state index in [0.717, 1.165) is 27.1 Å². The lowest BCUT2D eigenvalue weighted by atomic mass is 10.2. The molecule has 0 bridgehead atoms. The molecule has 30 heavy (non-hydrogen) atoms. The molecule has 0 fully saturated rings. The second-order valence-electron chi connectivity index (χ2n) is 6.12. The average molecular weight is 454 g/mol. The Balaban J connectivity index is 1.69. The molecular weight excluding hydrogens is 442 g/mol. The molecule has 5 aromatic heterocycles. The highest BCUT2D eigenvalue weighted by Crippen LogP contribution is 2.52. The van der Waals surface area contributed by atoms with Crippen molar-refractivity contribution in [2.24, 2.45) is 0 Å². The summed E-state index contributed by atoms with van der Waals surface area (Å²) in [5.41, 5.74) is 6.91. The van der Waals surface area contributed by atoms with Crippen molar-refractivity contribution in [3.63, 3.8) is 0 Å². The smallest absolute Gasteiger partial charge is 0.222 e. The molecule has 12 heteroatoms. The zero-order valence-corrected chi connectivity index (χ0v) is 17.5. The predicted molar refractivity (Wildman–Crippen MR) is 114 cm³/mol. The fourth-order valence-electron chi connectivity index (χ4n) is 3.44. The van der Waals surface area contributed by atoms with Crippen molar-refractivity contribution in [1.29, 1.82) is 0 Å². The van der Waals surface area contributed by atoms with Crippen molar-refractivity contribution >= 4 is 56.4 Å². The van der Waals surface area contributed by atoms with Gasteiger partial charge in [-0.3, -0.25) is 14.8 Å². The third-order valence-corrected chi connectivity index (χ3v) is 6.67. The zero-order valence-electron chi connectivity index (χ0n) is 15.0. The van der Waals surface area contributed by atoms with Crippen LogP contribution in [-0.2, 0) is 0 Å². The van der Waals surface area contributed by atoms with Gasteiger partial charge in [-0.05, 0) is 0 Å². The summed E-state index contributed by atoms with van der Waals surface area (Å²) in [7, 11) is 0. The number of hydrogen-bond donors (Lipinski definition) is 0. The van der Waals surface area contributed by atoms with Gasteiger partial charge in [-0.2, -0.15) is 0 Å².